The van der Waals surface area contributed by atoms with Crippen molar-refractivity contribution >= 4 is 5.78 Å². The van der Waals surface area contributed by atoms with Gasteiger partial charge in [0.1, 0.15) is 5.82 Å². The number of carbonyl (C=O) groups excluding carboxylic acids is 1. The molecule has 0 bridgehead atoms. The van der Waals surface area contributed by atoms with Gasteiger partial charge in [-0.05, 0) is 0 Å². The van der Waals surface area contributed by atoms with Gasteiger partial charge >= 0.3 is 0 Å². The minimum absolute atomic E-state index is 0.0455. The molecule has 0 spiro atoms. The van der Waals surface area contributed by atoms with Crippen LogP contribution in [-0.4, -0.2) is 30.0 Å². The first-order valence-corrected chi connectivity index (χ1v) is 5.77. The number of nitrogens with zero attached hydrogens (tertiary/aromatic N) is 2. The summed E-state index contributed by atoms with van der Waals surface area (Å²) in [6.07, 6.45) is 0.109. The number of ketones is 1. The lowest BCUT2D eigenvalue weighted by atomic mass is 10.1. The number of methoxy groups -OCH3 is 2. The third-order valence-corrected chi connectivity index (χ3v) is 2.56. The topological polar surface area (TPSA) is 61.3 Å². The maximum Gasteiger partial charge on any atom is 0.220 e. The molecule has 0 amide bonds. The van der Waals surface area contributed by atoms with Crippen molar-refractivity contribution in [1.82, 2.24) is 9.97 Å². The summed E-state index contributed by atoms with van der Waals surface area (Å²) in [5.74, 6) is 1.09. The van der Waals surface area contributed by atoms with Crippen LogP contribution in [0.3, 0.4) is 0 Å². The highest BCUT2D eigenvalue weighted by Gasteiger charge is 2.11. The summed E-state index contributed by atoms with van der Waals surface area (Å²) in [6.45, 7) is 0. The Labute approximate surface area is 111 Å². The average molecular weight is 258 g/mol. The highest BCUT2D eigenvalue weighted by molar-refractivity contribution is 5.97. The fourth-order valence-corrected chi connectivity index (χ4v) is 1.61. The minimum Gasteiger partial charge on any atom is -0.481 e. The van der Waals surface area contributed by atoms with Crippen LogP contribution in [0.5, 0.6) is 11.8 Å². The second-order valence-electron chi connectivity index (χ2n) is 3.83. The molecule has 5 heteroatoms. The number of ether oxygens (including phenoxy) is 2. The van der Waals surface area contributed by atoms with E-state index in [2.05, 4.69) is 9.97 Å². The van der Waals surface area contributed by atoms with Crippen molar-refractivity contribution in [1.29, 1.82) is 0 Å². The van der Waals surface area contributed by atoms with E-state index in [4.69, 9.17) is 9.47 Å². The molecule has 0 saturated carbocycles. The Hall–Kier alpha value is -2.43. The van der Waals surface area contributed by atoms with Crippen molar-refractivity contribution in [2.45, 2.75) is 6.42 Å². The van der Waals surface area contributed by atoms with Crippen LogP contribution in [0, 0.1) is 0 Å². The molecular weight excluding hydrogens is 244 g/mol. The molecule has 19 heavy (non-hydrogen) atoms. The molecule has 2 aromatic rings. The Morgan fingerprint density at radius 2 is 1.63 bits per heavy atom. The fraction of sp³-hybridized carbons (Fsp3) is 0.214. The first-order chi connectivity index (χ1) is 9.22. The van der Waals surface area contributed by atoms with Crippen LogP contribution in [0.15, 0.2) is 36.4 Å². The van der Waals surface area contributed by atoms with Crippen LogP contribution < -0.4 is 9.47 Å². The lowest BCUT2D eigenvalue weighted by Gasteiger charge is -2.06. The lowest BCUT2D eigenvalue weighted by molar-refractivity contribution is 0.0990. The smallest absolute Gasteiger partial charge is 0.220 e. The van der Waals surface area contributed by atoms with Crippen LogP contribution in [0.1, 0.15) is 16.2 Å². The quantitative estimate of drug-likeness (QED) is 0.767. The second kappa shape index (κ2) is 5.95. The van der Waals surface area contributed by atoms with E-state index < -0.39 is 0 Å². The molecule has 1 aromatic heterocycles. The summed E-state index contributed by atoms with van der Waals surface area (Å²) < 4.78 is 10.1. The van der Waals surface area contributed by atoms with E-state index in [1.165, 1.54) is 14.2 Å². The SMILES string of the molecule is COc1cc(OC)nc(CC(=O)c2ccccc2)n1. The molecule has 0 radical (unpaired) electrons. The Kier molecular flexibility index (Phi) is 4.07. The summed E-state index contributed by atoms with van der Waals surface area (Å²) in [6, 6.07) is 10.6. The molecule has 98 valence electrons. The van der Waals surface area contributed by atoms with Crippen LogP contribution in [0.25, 0.3) is 0 Å². The standard InChI is InChI=1S/C14H14N2O3/c1-18-13-9-14(19-2)16-12(15-13)8-11(17)10-6-4-3-5-7-10/h3-7,9H,8H2,1-2H3. The average Bonchev–Trinajstić information content (AvgIpc) is 2.47. The second-order valence-corrected chi connectivity index (χ2v) is 3.83. The van der Waals surface area contributed by atoms with Crippen molar-refractivity contribution in [3.8, 4) is 11.8 Å². The molecule has 0 aliphatic carbocycles. The normalized spacial score (nSPS) is 10.0. The van der Waals surface area contributed by atoms with Gasteiger partial charge in [0, 0.05) is 5.56 Å². The number of Topliss-reactive ketones (excluding diaryl/α,β-unsaturated/α-hetero) is 1. The van der Waals surface area contributed by atoms with Crippen LogP contribution in [0.4, 0.5) is 0 Å². The van der Waals surface area contributed by atoms with Crippen LogP contribution in [0.2, 0.25) is 0 Å². The highest BCUT2D eigenvalue weighted by atomic mass is 16.5. The van der Waals surface area contributed by atoms with Crippen molar-refractivity contribution in [2.24, 2.45) is 0 Å². The molecule has 0 aliphatic heterocycles. The number of rotatable bonds is 5. The van der Waals surface area contributed by atoms with Gasteiger partial charge < -0.3 is 9.47 Å². The van der Waals surface area contributed by atoms with Gasteiger partial charge in [-0.1, -0.05) is 30.3 Å². The highest BCUT2D eigenvalue weighted by Crippen LogP contribution is 2.15. The fourth-order valence-electron chi connectivity index (χ4n) is 1.61. The minimum atomic E-state index is -0.0455. The van der Waals surface area contributed by atoms with Gasteiger partial charge in [0.05, 0.1) is 26.7 Å². The van der Waals surface area contributed by atoms with E-state index in [0.29, 0.717) is 23.1 Å². The molecule has 5 nitrogen and oxygen atoms in total. The van der Waals surface area contributed by atoms with Gasteiger partial charge in [0.2, 0.25) is 11.8 Å². The van der Waals surface area contributed by atoms with Crippen molar-refractivity contribution < 1.29 is 14.3 Å². The van der Waals surface area contributed by atoms with Crippen molar-refractivity contribution in [2.75, 3.05) is 14.2 Å². The number of hydrogen-bond acceptors (Lipinski definition) is 5. The Balaban J connectivity index is 2.21. The largest absolute Gasteiger partial charge is 0.481 e. The monoisotopic (exact) mass is 258 g/mol. The van der Waals surface area contributed by atoms with Gasteiger partial charge in [-0.25, -0.2) is 0 Å². The zero-order valence-electron chi connectivity index (χ0n) is 10.8. The maximum absolute atomic E-state index is 12.1. The first kappa shape index (κ1) is 13.0. The molecule has 0 fully saturated rings. The summed E-state index contributed by atoms with van der Waals surface area (Å²) in [5, 5.41) is 0. The molecule has 1 heterocycles. The predicted molar refractivity (Wildman–Crippen MR) is 69.6 cm³/mol. The maximum atomic E-state index is 12.1. The molecule has 2 rings (SSSR count). The van der Waals surface area contributed by atoms with Crippen molar-refractivity contribution in [3.05, 3.63) is 47.8 Å². The van der Waals surface area contributed by atoms with E-state index in [1.54, 1.807) is 18.2 Å². The number of hydrogen-bond donors (Lipinski definition) is 0. The van der Waals surface area contributed by atoms with Crippen LogP contribution in [-0.2, 0) is 6.42 Å². The van der Waals surface area contributed by atoms with Gasteiger partial charge in [-0.15, -0.1) is 0 Å². The van der Waals surface area contributed by atoms with Gasteiger partial charge in [0.25, 0.3) is 0 Å². The van der Waals surface area contributed by atoms with Gasteiger partial charge in [-0.2, -0.15) is 9.97 Å². The summed E-state index contributed by atoms with van der Waals surface area (Å²) >= 11 is 0. The van der Waals surface area contributed by atoms with E-state index >= 15 is 0 Å². The van der Waals surface area contributed by atoms with E-state index in [1.807, 2.05) is 18.2 Å². The molecule has 0 aliphatic rings. The summed E-state index contributed by atoms with van der Waals surface area (Å²) in [7, 11) is 3.01. The van der Waals surface area contributed by atoms with Crippen LogP contribution >= 0.6 is 0 Å². The number of aromatic nitrogens is 2. The number of carbonyl (C=O) groups is 1. The third-order valence-electron chi connectivity index (χ3n) is 2.56. The molecular formula is C14H14N2O3. The van der Waals surface area contributed by atoms with Gasteiger partial charge in [-0.3, -0.25) is 4.79 Å². The molecule has 0 N–H and O–H groups in total. The zero-order valence-corrected chi connectivity index (χ0v) is 10.8. The van der Waals surface area contributed by atoms with Crippen molar-refractivity contribution in [3.63, 3.8) is 0 Å². The zero-order chi connectivity index (χ0) is 13.7. The predicted octanol–water partition coefficient (Wildman–Crippen LogP) is 1.92. The summed E-state index contributed by atoms with van der Waals surface area (Å²) in [4.78, 5) is 20.3. The Morgan fingerprint density at radius 3 is 2.16 bits per heavy atom. The third kappa shape index (κ3) is 3.28. The molecule has 0 saturated heterocycles. The van der Waals surface area contributed by atoms with E-state index in [0.717, 1.165) is 0 Å². The Morgan fingerprint density at radius 1 is 1.05 bits per heavy atom. The molecule has 0 atom stereocenters. The number of benzene rings is 1. The lowest BCUT2D eigenvalue weighted by Crippen LogP contribution is -2.08. The van der Waals surface area contributed by atoms with Gasteiger partial charge in [0.15, 0.2) is 5.78 Å². The molecule has 1 aromatic carbocycles. The first-order valence-electron chi connectivity index (χ1n) is 5.77. The molecule has 0 unspecified atom stereocenters. The Bertz CT molecular complexity index is 548. The van der Waals surface area contributed by atoms with E-state index in [9.17, 15) is 4.79 Å². The summed E-state index contributed by atoms with van der Waals surface area (Å²) in [5.41, 5.74) is 0.632. The van der Waals surface area contributed by atoms with E-state index in [-0.39, 0.29) is 12.2 Å².